The second-order valence-corrected chi connectivity index (χ2v) is 3.63. The molecule has 5 heteroatoms. The molecule has 5 nitrogen and oxygen atoms in total. The van der Waals surface area contributed by atoms with Crippen molar-refractivity contribution in [2.45, 2.75) is 6.92 Å². The molecular formula is C12H10N2O3. The van der Waals surface area contributed by atoms with E-state index in [0.29, 0.717) is 17.7 Å². The number of nitrogens with zero attached hydrogens (tertiary/aromatic N) is 1. The lowest BCUT2D eigenvalue weighted by molar-refractivity contribution is 0.340. The van der Waals surface area contributed by atoms with E-state index < -0.39 is 5.76 Å². The molecule has 0 amide bonds. The van der Waals surface area contributed by atoms with Crippen LogP contribution in [0.15, 0.2) is 33.6 Å². The van der Waals surface area contributed by atoms with Crippen LogP contribution in [0.1, 0.15) is 6.92 Å². The lowest BCUT2D eigenvalue weighted by atomic mass is 10.2. The predicted molar refractivity (Wildman–Crippen MR) is 63.3 cm³/mol. The Balaban J connectivity index is 2.37. The van der Waals surface area contributed by atoms with E-state index >= 15 is 0 Å². The maximum absolute atomic E-state index is 11.2. The van der Waals surface area contributed by atoms with E-state index in [1.807, 2.05) is 25.1 Å². The number of aromatic amines is 1. The van der Waals surface area contributed by atoms with Gasteiger partial charge in [0.05, 0.1) is 18.3 Å². The molecule has 1 N–H and O–H groups in total. The van der Waals surface area contributed by atoms with Crippen molar-refractivity contribution in [3.05, 3.63) is 34.9 Å². The van der Waals surface area contributed by atoms with Crippen molar-refractivity contribution in [1.29, 1.82) is 0 Å². The topological polar surface area (TPSA) is 68.1 Å². The van der Waals surface area contributed by atoms with E-state index in [9.17, 15) is 4.79 Å². The summed E-state index contributed by atoms with van der Waals surface area (Å²) < 4.78 is 10.5. The van der Waals surface area contributed by atoms with Crippen LogP contribution in [-0.2, 0) is 0 Å². The molecule has 3 rings (SSSR count). The van der Waals surface area contributed by atoms with Crippen LogP contribution in [0, 0.1) is 0 Å². The summed E-state index contributed by atoms with van der Waals surface area (Å²) in [7, 11) is 0. The Bertz CT molecular complexity index is 742. The number of ether oxygens (including phenoxy) is 1. The third kappa shape index (κ3) is 1.56. The minimum Gasteiger partial charge on any atom is -0.494 e. The minimum atomic E-state index is -0.476. The van der Waals surface area contributed by atoms with Gasteiger partial charge in [-0.15, -0.1) is 0 Å². The molecule has 3 aromatic rings. The van der Waals surface area contributed by atoms with Gasteiger partial charge in [-0.25, -0.2) is 4.79 Å². The fourth-order valence-corrected chi connectivity index (χ4v) is 1.83. The van der Waals surface area contributed by atoms with Crippen LogP contribution >= 0.6 is 0 Å². The fraction of sp³-hybridized carbons (Fsp3) is 0.167. The smallest absolute Gasteiger partial charge is 0.417 e. The van der Waals surface area contributed by atoms with E-state index in [4.69, 9.17) is 9.15 Å². The van der Waals surface area contributed by atoms with Gasteiger partial charge < -0.3 is 9.15 Å². The average Bonchev–Trinajstić information content (AvgIpc) is 2.70. The molecule has 0 bridgehead atoms. The first-order valence-corrected chi connectivity index (χ1v) is 5.32. The van der Waals surface area contributed by atoms with Crippen molar-refractivity contribution < 1.29 is 9.15 Å². The van der Waals surface area contributed by atoms with Crippen LogP contribution in [0.3, 0.4) is 0 Å². The number of H-pyrrole nitrogens is 1. The number of benzene rings is 1. The molecule has 0 unspecified atom stereocenters. The monoisotopic (exact) mass is 230 g/mol. The molecule has 0 atom stereocenters. The number of hydrogen-bond acceptors (Lipinski definition) is 4. The van der Waals surface area contributed by atoms with Crippen LogP contribution in [0.25, 0.3) is 22.0 Å². The Morgan fingerprint density at radius 1 is 1.47 bits per heavy atom. The summed E-state index contributed by atoms with van der Waals surface area (Å²) in [6.45, 7) is 2.51. The van der Waals surface area contributed by atoms with Gasteiger partial charge in [-0.2, -0.15) is 0 Å². The molecule has 0 spiro atoms. The van der Waals surface area contributed by atoms with Gasteiger partial charge in [0, 0.05) is 5.39 Å². The van der Waals surface area contributed by atoms with Crippen molar-refractivity contribution >= 4 is 22.0 Å². The highest BCUT2D eigenvalue weighted by atomic mass is 16.5. The fourth-order valence-electron chi connectivity index (χ4n) is 1.83. The van der Waals surface area contributed by atoms with Crippen molar-refractivity contribution in [2.75, 3.05) is 6.61 Å². The lowest BCUT2D eigenvalue weighted by Gasteiger charge is -2.03. The Kier molecular flexibility index (Phi) is 2.11. The van der Waals surface area contributed by atoms with Crippen molar-refractivity contribution in [3.63, 3.8) is 0 Å². The average molecular weight is 230 g/mol. The summed E-state index contributed by atoms with van der Waals surface area (Å²) in [6.07, 6.45) is 1.59. The predicted octanol–water partition coefficient (Wildman–Crippen LogP) is 2.07. The van der Waals surface area contributed by atoms with Gasteiger partial charge in [0.2, 0.25) is 0 Å². The molecule has 0 saturated carbocycles. The maximum atomic E-state index is 11.2. The molecule has 0 aliphatic heterocycles. The van der Waals surface area contributed by atoms with Gasteiger partial charge in [0.15, 0.2) is 5.58 Å². The van der Waals surface area contributed by atoms with E-state index in [-0.39, 0.29) is 0 Å². The van der Waals surface area contributed by atoms with E-state index in [1.165, 1.54) is 0 Å². The molecule has 0 radical (unpaired) electrons. The van der Waals surface area contributed by atoms with E-state index in [2.05, 4.69) is 9.97 Å². The molecular weight excluding hydrogens is 220 g/mol. The lowest BCUT2D eigenvalue weighted by Crippen LogP contribution is -1.92. The minimum absolute atomic E-state index is 0.476. The number of hydrogen-bond donors (Lipinski definition) is 1. The maximum Gasteiger partial charge on any atom is 0.417 e. The summed E-state index contributed by atoms with van der Waals surface area (Å²) in [5.41, 5.74) is 1.88. The Morgan fingerprint density at radius 3 is 3.18 bits per heavy atom. The number of oxazole rings is 1. The van der Waals surface area contributed by atoms with Gasteiger partial charge in [-0.1, -0.05) is 0 Å². The van der Waals surface area contributed by atoms with Crippen LogP contribution in [0.2, 0.25) is 0 Å². The van der Waals surface area contributed by atoms with Gasteiger partial charge in [0.25, 0.3) is 0 Å². The van der Waals surface area contributed by atoms with Gasteiger partial charge >= 0.3 is 5.76 Å². The van der Waals surface area contributed by atoms with Crippen LogP contribution in [0.5, 0.6) is 5.75 Å². The normalized spacial score (nSPS) is 11.1. The number of fused-ring (bicyclic) bond motifs is 3. The first-order chi connectivity index (χ1) is 8.28. The zero-order chi connectivity index (χ0) is 11.8. The van der Waals surface area contributed by atoms with Crippen molar-refractivity contribution in [3.8, 4) is 5.75 Å². The van der Waals surface area contributed by atoms with E-state index in [0.717, 1.165) is 16.7 Å². The second kappa shape index (κ2) is 3.62. The number of aromatic nitrogens is 2. The van der Waals surface area contributed by atoms with Crippen LogP contribution in [0.4, 0.5) is 0 Å². The highest BCUT2D eigenvalue weighted by molar-refractivity contribution is 6.00. The summed E-state index contributed by atoms with van der Waals surface area (Å²) in [5.74, 6) is 0.259. The van der Waals surface area contributed by atoms with E-state index in [1.54, 1.807) is 6.20 Å². The highest BCUT2D eigenvalue weighted by Gasteiger charge is 2.08. The highest BCUT2D eigenvalue weighted by Crippen LogP contribution is 2.25. The zero-order valence-corrected chi connectivity index (χ0v) is 9.19. The largest absolute Gasteiger partial charge is 0.494 e. The second-order valence-electron chi connectivity index (χ2n) is 3.63. The summed E-state index contributed by atoms with van der Waals surface area (Å²) in [6, 6.07) is 5.51. The molecule has 2 heterocycles. The number of pyridine rings is 1. The Hall–Kier alpha value is -2.30. The van der Waals surface area contributed by atoms with Gasteiger partial charge in [0.1, 0.15) is 11.3 Å². The number of rotatable bonds is 2. The molecule has 17 heavy (non-hydrogen) atoms. The zero-order valence-electron chi connectivity index (χ0n) is 9.19. The van der Waals surface area contributed by atoms with Crippen LogP contribution < -0.4 is 10.5 Å². The van der Waals surface area contributed by atoms with Gasteiger partial charge in [-0.05, 0) is 25.1 Å². The summed E-state index contributed by atoms with van der Waals surface area (Å²) in [5, 5.41) is 0.770. The Morgan fingerprint density at radius 2 is 2.35 bits per heavy atom. The quantitative estimate of drug-likeness (QED) is 0.731. The molecule has 0 aliphatic carbocycles. The molecule has 86 valence electrons. The van der Waals surface area contributed by atoms with Crippen LogP contribution in [-0.4, -0.2) is 16.6 Å². The SMILES string of the molecule is CCOc1ccc2ncc3[nH]c(=O)oc3c2c1. The molecule has 2 aromatic heterocycles. The standard InChI is InChI=1S/C12H10N2O3/c1-2-16-7-3-4-9-8(5-7)11-10(6-13-9)14-12(15)17-11/h3-6H,2H2,1H3,(H,14,15). The molecule has 0 saturated heterocycles. The molecule has 1 aromatic carbocycles. The first-order valence-electron chi connectivity index (χ1n) is 5.32. The Labute approximate surface area is 96.0 Å². The molecule has 0 aliphatic rings. The van der Waals surface area contributed by atoms with Crippen molar-refractivity contribution in [2.24, 2.45) is 0 Å². The third-order valence-corrected chi connectivity index (χ3v) is 2.53. The first kappa shape index (κ1) is 9.89. The third-order valence-electron chi connectivity index (χ3n) is 2.53. The summed E-state index contributed by atoms with van der Waals surface area (Å²) >= 11 is 0. The molecule has 0 fully saturated rings. The number of nitrogens with one attached hydrogen (secondary N) is 1. The van der Waals surface area contributed by atoms with Gasteiger partial charge in [-0.3, -0.25) is 9.97 Å². The summed E-state index contributed by atoms with van der Waals surface area (Å²) in [4.78, 5) is 18.0. The van der Waals surface area contributed by atoms with Crippen molar-refractivity contribution in [1.82, 2.24) is 9.97 Å².